The van der Waals surface area contributed by atoms with Gasteiger partial charge in [-0.05, 0) is 24.7 Å². The van der Waals surface area contributed by atoms with Gasteiger partial charge in [-0.2, -0.15) is 0 Å². The first-order chi connectivity index (χ1) is 7.14. The van der Waals surface area contributed by atoms with Gasteiger partial charge in [0.25, 0.3) is 0 Å². The van der Waals surface area contributed by atoms with Crippen LogP contribution >= 0.6 is 0 Å². The van der Waals surface area contributed by atoms with Gasteiger partial charge in [-0.3, -0.25) is 9.59 Å². The maximum Gasteiger partial charge on any atom is 0.325 e. The van der Waals surface area contributed by atoms with E-state index in [0.29, 0.717) is 12.3 Å². The van der Waals surface area contributed by atoms with E-state index in [1.165, 1.54) is 6.92 Å². The van der Waals surface area contributed by atoms with E-state index in [2.05, 4.69) is 19.2 Å². The van der Waals surface area contributed by atoms with Crippen LogP contribution in [-0.4, -0.2) is 23.0 Å². The summed E-state index contributed by atoms with van der Waals surface area (Å²) in [4.78, 5) is 22.1. The fraction of sp³-hybridized carbons (Fsp3) is 0.833. The SMILES string of the molecule is CC(C)CC(C)(C)CC(=O)NC(C)C(=O)O. The molecule has 0 aromatic carbocycles. The zero-order valence-corrected chi connectivity index (χ0v) is 10.8. The molecule has 0 radical (unpaired) electrons. The fourth-order valence-electron chi connectivity index (χ4n) is 1.97. The Bertz CT molecular complexity index is 259. The number of hydrogen-bond acceptors (Lipinski definition) is 2. The summed E-state index contributed by atoms with van der Waals surface area (Å²) in [5.74, 6) is -0.671. The topological polar surface area (TPSA) is 66.4 Å². The molecule has 0 rings (SSSR count). The van der Waals surface area contributed by atoms with Crippen molar-refractivity contribution < 1.29 is 14.7 Å². The lowest BCUT2D eigenvalue weighted by atomic mass is 9.81. The Morgan fingerprint density at radius 2 is 1.75 bits per heavy atom. The third-order valence-corrected chi connectivity index (χ3v) is 2.35. The van der Waals surface area contributed by atoms with E-state index in [-0.39, 0.29) is 11.3 Å². The van der Waals surface area contributed by atoms with E-state index in [1.54, 1.807) is 0 Å². The fourth-order valence-corrected chi connectivity index (χ4v) is 1.97. The highest BCUT2D eigenvalue weighted by atomic mass is 16.4. The molecule has 0 aromatic rings. The van der Waals surface area contributed by atoms with E-state index < -0.39 is 12.0 Å². The predicted molar refractivity (Wildman–Crippen MR) is 63.1 cm³/mol. The lowest BCUT2D eigenvalue weighted by Crippen LogP contribution is -2.40. The van der Waals surface area contributed by atoms with Crippen LogP contribution in [-0.2, 0) is 9.59 Å². The Morgan fingerprint density at radius 3 is 2.12 bits per heavy atom. The molecule has 2 N–H and O–H groups in total. The average molecular weight is 229 g/mol. The molecule has 0 aliphatic carbocycles. The molecular formula is C12H23NO3. The predicted octanol–water partition coefficient (Wildman–Crippen LogP) is 2.04. The number of carboxylic acid groups (broad SMARTS) is 1. The molecule has 94 valence electrons. The highest BCUT2D eigenvalue weighted by molar-refractivity contribution is 5.83. The normalized spacial score (nSPS) is 13.6. The van der Waals surface area contributed by atoms with Crippen LogP contribution in [0.4, 0.5) is 0 Å². The number of aliphatic carboxylic acids is 1. The summed E-state index contributed by atoms with van der Waals surface area (Å²) in [5.41, 5.74) is -0.0868. The van der Waals surface area contributed by atoms with Crippen molar-refractivity contribution >= 4 is 11.9 Å². The van der Waals surface area contributed by atoms with Crippen LogP contribution in [0.2, 0.25) is 0 Å². The third kappa shape index (κ3) is 6.43. The maximum absolute atomic E-state index is 11.6. The van der Waals surface area contributed by atoms with E-state index in [1.807, 2.05) is 13.8 Å². The van der Waals surface area contributed by atoms with Gasteiger partial charge in [-0.15, -0.1) is 0 Å². The van der Waals surface area contributed by atoms with Crippen molar-refractivity contribution in [1.29, 1.82) is 0 Å². The van der Waals surface area contributed by atoms with E-state index in [9.17, 15) is 9.59 Å². The monoisotopic (exact) mass is 229 g/mol. The number of rotatable bonds is 6. The number of carbonyl (C=O) groups is 2. The molecule has 4 nitrogen and oxygen atoms in total. The first-order valence-corrected chi connectivity index (χ1v) is 5.66. The second kappa shape index (κ2) is 5.87. The molecule has 0 aliphatic rings. The van der Waals surface area contributed by atoms with Gasteiger partial charge in [-0.1, -0.05) is 27.7 Å². The second-order valence-corrected chi connectivity index (χ2v) is 5.57. The van der Waals surface area contributed by atoms with Crippen molar-refractivity contribution in [1.82, 2.24) is 5.32 Å². The van der Waals surface area contributed by atoms with Crippen molar-refractivity contribution in [2.75, 3.05) is 0 Å². The largest absolute Gasteiger partial charge is 0.480 e. The van der Waals surface area contributed by atoms with Crippen molar-refractivity contribution in [3.8, 4) is 0 Å². The molecular weight excluding hydrogens is 206 g/mol. The molecule has 0 saturated carbocycles. The molecule has 16 heavy (non-hydrogen) atoms. The summed E-state index contributed by atoms with van der Waals surface area (Å²) in [6.45, 7) is 9.74. The molecule has 1 atom stereocenters. The Balaban J connectivity index is 4.18. The standard InChI is InChI=1S/C12H23NO3/c1-8(2)6-12(4,5)7-10(14)13-9(3)11(15)16/h8-9H,6-7H2,1-5H3,(H,13,14)(H,15,16). The molecule has 0 bridgehead atoms. The van der Waals surface area contributed by atoms with E-state index >= 15 is 0 Å². The molecule has 1 amide bonds. The minimum atomic E-state index is -1.00. The molecule has 0 saturated heterocycles. The van der Waals surface area contributed by atoms with Gasteiger partial charge in [0.1, 0.15) is 6.04 Å². The molecule has 0 aliphatic heterocycles. The van der Waals surface area contributed by atoms with Crippen molar-refractivity contribution in [3.63, 3.8) is 0 Å². The van der Waals surface area contributed by atoms with Crippen LogP contribution in [0.15, 0.2) is 0 Å². The van der Waals surface area contributed by atoms with E-state index in [0.717, 1.165) is 6.42 Å². The summed E-state index contributed by atoms with van der Waals surface area (Å²) in [5, 5.41) is 11.1. The van der Waals surface area contributed by atoms with Crippen LogP contribution in [0.25, 0.3) is 0 Å². The minimum Gasteiger partial charge on any atom is -0.480 e. The summed E-state index contributed by atoms with van der Waals surface area (Å²) >= 11 is 0. The molecule has 0 heterocycles. The zero-order valence-electron chi connectivity index (χ0n) is 10.8. The van der Waals surface area contributed by atoms with Gasteiger partial charge in [0.2, 0.25) is 5.91 Å². The van der Waals surface area contributed by atoms with Gasteiger partial charge in [0.05, 0.1) is 0 Å². The van der Waals surface area contributed by atoms with E-state index in [4.69, 9.17) is 5.11 Å². The Labute approximate surface area is 97.4 Å². The minimum absolute atomic E-state index is 0.0868. The number of carbonyl (C=O) groups excluding carboxylic acids is 1. The molecule has 0 spiro atoms. The maximum atomic E-state index is 11.6. The number of carboxylic acids is 1. The van der Waals surface area contributed by atoms with Crippen LogP contribution in [0, 0.1) is 11.3 Å². The first kappa shape index (κ1) is 14.9. The second-order valence-electron chi connectivity index (χ2n) is 5.57. The molecule has 4 heteroatoms. The van der Waals surface area contributed by atoms with Crippen LogP contribution < -0.4 is 5.32 Å². The smallest absolute Gasteiger partial charge is 0.325 e. The first-order valence-electron chi connectivity index (χ1n) is 5.66. The number of hydrogen-bond donors (Lipinski definition) is 2. The highest BCUT2D eigenvalue weighted by Gasteiger charge is 2.24. The van der Waals surface area contributed by atoms with Crippen LogP contribution in [0.3, 0.4) is 0 Å². The van der Waals surface area contributed by atoms with Crippen molar-refractivity contribution in [3.05, 3.63) is 0 Å². The molecule has 1 unspecified atom stereocenters. The lowest BCUT2D eigenvalue weighted by molar-refractivity contribution is -0.141. The van der Waals surface area contributed by atoms with Crippen LogP contribution in [0.1, 0.15) is 47.5 Å². The van der Waals surface area contributed by atoms with Gasteiger partial charge >= 0.3 is 5.97 Å². The lowest BCUT2D eigenvalue weighted by Gasteiger charge is -2.26. The summed E-state index contributed by atoms with van der Waals surface area (Å²) < 4.78 is 0. The van der Waals surface area contributed by atoms with Gasteiger partial charge in [0, 0.05) is 6.42 Å². The van der Waals surface area contributed by atoms with Crippen molar-refractivity contribution in [2.45, 2.75) is 53.5 Å². The quantitative estimate of drug-likeness (QED) is 0.732. The Morgan fingerprint density at radius 1 is 1.25 bits per heavy atom. The molecule has 0 aromatic heterocycles. The number of nitrogens with one attached hydrogen (secondary N) is 1. The van der Waals surface area contributed by atoms with Crippen molar-refractivity contribution in [2.24, 2.45) is 11.3 Å². The zero-order chi connectivity index (χ0) is 12.9. The highest BCUT2D eigenvalue weighted by Crippen LogP contribution is 2.28. The average Bonchev–Trinajstić information content (AvgIpc) is 1.98. The van der Waals surface area contributed by atoms with Gasteiger partial charge in [-0.25, -0.2) is 0 Å². The van der Waals surface area contributed by atoms with Gasteiger partial charge in [0.15, 0.2) is 0 Å². The summed E-state index contributed by atoms with van der Waals surface area (Å²) in [7, 11) is 0. The third-order valence-electron chi connectivity index (χ3n) is 2.35. The van der Waals surface area contributed by atoms with Gasteiger partial charge < -0.3 is 10.4 Å². The Hall–Kier alpha value is -1.06. The number of amides is 1. The summed E-state index contributed by atoms with van der Waals surface area (Å²) in [6, 6.07) is -0.817. The van der Waals surface area contributed by atoms with Crippen LogP contribution in [0.5, 0.6) is 0 Å². The Kier molecular flexibility index (Phi) is 5.48. The summed E-state index contributed by atoms with van der Waals surface area (Å²) in [6.07, 6.45) is 1.31. The molecule has 0 fully saturated rings.